The summed E-state index contributed by atoms with van der Waals surface area (Å²) in [5.41, 5.74) is 0.910. The van der Waals surface area contributed by atoms with Crippen molar-refractivity contribution in [1.82, 2.24) is 0 Å². The van der Waals surface area contributed by atoms with Crippen LogP contribution in [0.15, 0.2) is 30.3 Å². The molecule has 5 nitrogen and oxygen atoms in total. The zero-order valence-electron chi connectivity index (χ0n) is 11.9. The van der Waals surface area contributed by atoms with Gasteiger partial charge in [0.05, 0.1) is 12.7 Å². The van der Waals surface area contributed by atoms with Gasteiger partial charge in [0.1, 0.15) is 6.10 Å². The number of esters is 1. The number of carbonyl (C=O) groups is 1. The van der Waals surface area contributed by atoms with Gasteiger partial charge < -0.3 is 19.3 Å². The second-order valence-electron chi connectivity index (χ2n) is 5.01. The molecule has 1 N–H and O–H groups in total. The summed E-state index contributed by atoms with van der Waals surface area (Å²) >= 11 is 0. The van der Waals surface area contributed by atoms with Crippen LogP contribution in [0.5, 0.6) is 0 Å². The second-order valence-corrected chi connectivity index (χ2v) is 5.01. The SMILES string of the molecule is CC(=O)O[C@@H]1[C@H](OCc2ccccc2)[C@H](C)OC(O)[C@@H]1F. The number of rotatable bonds is 4. The van der Waals surface area contributed by atoms with E-state index >= 15 is 0 Å². The standard InChI is InChI=1S/C15H19FO5/c1-9-13(19-8-11-6-4-3-5-7-11)14(21-10(2)17)12(16)15(18)20-9/h3-7,9,12-15,18H,8H2,1-2H3/t9-,12+,13+,14-,15?/m0/s1. The van der Waals surface area contributed by atoms with E-state index in [9.17, 15) is 14.3 Å². The smallest absolute Gasteiger partial charge is 0.303 e. The minimum atomic E-state index is -1.84. The highest BCUT2D eigenvalue weighted by molar-refractivity contribution is 5.66. The van der Waals surface area contributed by atoms with Gasteiger partial charge in [0.25, 0.3) is 0 Å². The molecule has 1 aliphatic heterocycles. The quantitative estimate of drug-likeness (QED) is 0.855. The van der Waals surface area contributed by atoms with E-state index in [-0.39, 0.29) is 6.61 Å². The minimum Gasteiger partial charge on any atom is -0.456 e. The number of halogens is 1. The Balaban J connectivity index is 2.07. The van der Waals surface area contributed by atoms with E-state index in [0.717, 1.165) is 5.56 Å². The van der Waals surface area contributed by atoms with Crippen molar-refractivity contribution in [1.29, 1.82) is 0 Å². The number of carbonyl (C=O) groups excluding carboxylic acids is 1. The van der Waals surface area contributed by atoms with Crippen molar-refractivity contribution in [2.45, 2.75) is 51.2 Å². The molecule has 1 heterocycles. The summed E-state index contributed by atoms with van der Waals surface area (Å²) in [7, 11) is 0. The van der Waals surface area contributed by atoms with E-state index in [1.165, 1.54) is 6.92 Å². The molecule has 0 spiro atoms. The molecule has 0 radical (unpaired) electrons. The lowest BCUT2D eigenvalue weighted by Gasteiger charge is -2.39. The number of ether oxygens (including phenoxy) is 3. The highest BCUT2D eigenvalue weighted by atomic mass is 19.1. The molecule has 1 aliphatic rings. The van der Waals surface area contributed by atoms with E-state index in [0.29, 0.717) is 0 Å². The average molecular weight is 298 g/mol. The monoisotopic (exact) mass is 298 g/mol. The highest BCUT2D eigenvalue weighted by Crippen LogP contribution is 2.27. The lowest BCUT2D eigenvalue weighted by atomic mass is 10.00. The fraction of sp³-hybridized carbons (Fsp3) is 0.533. The zero-order valence-corrected chi connectivity index (χ0v) is 11.9. The fourth-order valence-electron chi connectivity index (χ4n) is 2.30. The summed E-state index contributed by atoms with van der Waals surface area (Å²) in [6, 6.07) is 9.36. The van der Waals surface area contributed by atoms with Gasteiger partial charge in [-0.05, 0) is 12.5 Å². The number of benzene rings is 1. The Labute approximate surface area is 122 Å². The van der Waals surface area contributed by atoms with Crippen LogP contribution in [0.3, 0.4) is 0 Å². The third-order valence-electron chi connectivity index (χ3n) is 3.31. The van der Waals surface area contributed by atoms with E-state index in [4.69, 9.17) is 14.2 Å². The van der Waals surface area contributed by atoms with Crippen molar-refractivity contribution in [3.05, 3.63) is 35.9 Å². The Morgan fingerprint density at radius 2 is 2.00 bits per heavy atom. The summed E-state index contributed by atoms with van der Waals surface area (Å²) in [5.74, 6) is -0.628. The van der Waals surface area contributed by atoms with Crippen LogP contribution in [0.2, 0.25) is 0 Å². The fourth-order valence-corrected chi connectivity index (χ4v) is 2.30. The maximum absolute atomic E-state index is 14.0. The Morgan fingerprint density at radius 3 is 2.62 bits per heavy atom. The number of aliphatic hydroxyl groups excluding tert-OH is 1. The molecular formula is C15H19FO5. The zero-order chi connectivity index (χ0) is 15.4. The van der Waals surface area contributed by atoms with Crippen LogP contribution in [-0.2, 0) is 25.6 Å². The van der Waals surface area contributed by atoms with Crippen LogP contribution < -0.4 is 0 Å². The Kier molecular flexibility index (Phi) is 5.27. The first-order chi connectivity index (χ1) is 9.99. The number of hydrogen-bond donors (Lipinski definition) is 1. The molecule has 2 rings (SSSR count). The molecular weight excluding hydrogens is 279 g/mol. The van der Waals surface area contributed by atoms with Gasteiger partial charge in [0.2, 0.25) is 0 Å². The summed E-state index contributed by atoms with van der Waals surface area (Å²) in [5, 5.41) is 9.49. The van der Waals surface area contributed by atoms with Crippen LogP contribution in [0.1, 0.15) is 19.4 Å². The maximum Gasteiger partial charge on any atom is 0.303 e. The first-order valence-corrected chi connectivity index (χ1v) is 6.79. The molecule has 1 fully saturated rings. The van der Waals surface area contributed by atoms with Crippen molar-refractivity contribution < 1.29 is 28.5 Å². The molecule has 0 amide bonds. The van der Waals surface area contributed by atoms with E-state index in [1.807, 2.05) is 30.3 Å². The first kappa shape index (κ1) is 15.9. The minimum absolute atomic E-state index is 0.236. The van der Waals surface area contributed by atoms with Crippen molar-refractivity contribution in [2.75, 3.05) is 0 Å². The summed E-state index contributed by atoms with van der Waals surface area (Å²) in [6.07, 6.45) is -6.04. The van der Waals surface area contributed by atoms with Gasteiger partial charge in [0.15, 0.2) is 18.6 Å². The van der Waals surface area contributed by atoms with Crippen LogP contribution in [0.4, 0.5) is 4.39 Å². The van der Waals surface area contributed by atoms with Crippen molar-refractivity contribution in [2.24, 2.45) is 0 Å². The Hall–Kier alpha value is -1.50. The second kappa shape index (κ2) is 6.98. The Bertz CT molecular complexity index is 466. The van der Waals surface area contributed by atoms with Gasteiger partial charge >= 0.3 is 5.97 Å². The molecule has 1 aromatic carbocycles. The van der Waals surface area contributed by atoms with Gasteiger partial charge in [0, 0.05) is 6.92 Å². The molecule has 0 aromatic heterocycles. The Morgan fingerprint density at radius 1 is 1.33 bits per heavy atom. The van der Waals surface area contributed by atoms with Gasteiger partial charge in [-0.3, -0.25) is 4.79 Å². The van der Waals surface area contributed by atoms with Crippen LogP contribution in [-0.4, -0.2) is 41.8 Å². The van der Waals surface area contributed by atoms with Crippen molar-refractivity contribution in [3.8, 4) is 0 Å². The first-order valence-electron chi connectivity index (χ1n) is 6.79. The predicted octanol–water partition coefficient (Wildman–Crippen LogP) is 1.58. The molecule has 1 unspecified atom stereocenters. The normalized spacial score (nSPS) is 32.7. The van der Waals surface area contributed by atoms with E-state index < -0.39 is 36.7 Å². The lowest BCUT2D eigenvalue weighted by Crippen LogP contribution is -2.57. The molecule has 0 bridgehead atoms. The largest absolute Gasteiger partial charge is 0.456 e. The van der Waals surface area contributed by atoms with E-state index in [1.54, 1.807) is 6.92 Å². The highest BCUT2D eigenvalue weighted by Gasteiger charge is 2.47. The lowest BCUT2D eigenvalue weighted by molar-refractivity contribution is -0.275. The van der Waals surface area contributed by atoms with Crippen LogP contribution in [0.25, 0.3) is 0 Å². The average Bonchev–Trinajstić information content (AvgIpc) is 2.44. The maximum atomic E-state index is 14.0. The molecule has 5 atom stereocenters. The number of alkyl halides is 1. The molecule has 116 valence electrons. The third kappa shape index (κ3) is 4.00. The van der Waals surface area contributed by atoms with Crippen molar-refractivity contribution in [3.63, 3.8) is 0 Å². The summed E-state index contributed by atoms with van der Waals surface area (Å²) in [6.45, 7) is 3.06. The molecule has 0 aliphatic carbocycles. The van der Waals surface area contributed by atoms with Gasteiger partial charge in [-0.1, -0.05) is 30.3 Å². The summed E-state index contributed by atoms with van der Waals surface area (Å²) in [4.78, 5) is 11.1. The van der Waals surface area contributed by atoms with Crippen molar-refractivity contribution >= 4 is 5.97 Å². The number of aliphatic hydroxyl groups is 1. The van der Waals surface area contributed by atoms with Gasteiger partial charge in [-0.25, -0.2) is 4.39 Å². The van der Waals surface area contributed by atoms with E-state index in [2.05, 4.69) is 0 Å². The molecule has 1 aromatic rings. The number of hydrogen-bond acceptors (Lipinski definition) is 5. The molecule has 21 heavy (non-hydrogen) atoms. The molecule has 6 heteroatoms. The third-order valence-corrected chi connectivity index (χ3v) is 3.31. The molecule has 0 saturated carbocycles. The summed E-state index contributed by atoms with van der Waals surface area (Å²) < 4.78 is 29.7. The van der Waals surface area contributed by atoms with Crippen LogP contribution in [0, 0.1) is 0 Å². The predicted molar refractivity (Wildman–Crippen MR) is 72.0 cm³/mol. The van der Waals surface area contributed by atoms with Crippen LogP contribution >= 0.6 is 0 Å². The molecule has 1 saturated heterocycles. The van der Waals surface area contributed by atoms with Gasteiger partial charge in [-0.15, -0.1) is 0 Å². The topological polar surface area (TPSA) is 65.0 Å². The van der Waals surface area contributed by atoms with Gasteiger partial charge in [-0.2, -0.15) is 0 Å².